The van der Waals surface area contributed by atoms with Gasteiger partial charge in [-0.25, -0.2) is 4.39 Å². The largest absolute Gasteiger partial charge is 0.361 e. The predicted octanol–water partition coefficient (Wildman–Crippen LogP) is 2.99. The average molecular weight is 339 g/mol. The van der Waals surface area contributed by atoms with Crippen molar-refractivity contribution < 1.29 is 14.0 Å². The van der Waals surface area contributed by atoms with Gasteiger partial charge in [0.25, 0.3) is 0 Å². The highest BCUT2D eigenvalue weighted by molar-refractivity contribution is 5.97. The Bertz CT molecular complexity index is 920. The van der Waals surface area contributed by atoms with Gasteiger partial charge in [0.15, 0.2) is 0 Å². The number of fused-ring (bicyclic) bond motifs is 1. The Hall–Kier alpha value is -3.15. The van der Waals surface area contributed by atoms with E-state index < -0.39 is 17.8 Å². The number of para-hydroxylation sites is 2. The Morgan fingerprint density at radius 3 is 2.64 bits per heavy atom. The molecule has 2 aromatic carbocycles. The molecule has 0 saturated carbocycles. The molecule has 3 aromatic rings. The summed E-state index contributed by atoms with van der Waals surface area (Å²) in [6, 6.07) is 12.8. The fourth-order valence-corrected chi connectivity index (χ4v) is 2.61. The van der Waals surface area contributed by atoms with Crippen LogP contribution in [0.2, 0.25) is 0 Å². The topological polar surface area (TPSA) is 74.0 Å². The first-order chi connectivity index (χ1) is 12.0. The lowest BCUT2D eigenvalue weighted by atomic mass is 10.1. The van der Waals surface area contributed by atoms with Gasteiger partial charge in [-0.1, -0.05) is 30.3 Å². The highest BCUT2D eigenvalue weighted by atomic mass is 19.1. The number of rotatable bonds is 5. The van der Waals surface area contributed by atoms with Crippen molar-refractivity contribution >= 4 is 28.4 Å². The van der Waals surface area contributed by atoms with E-state index in [1.807, 2.05) is 24.3 Å². The molecule has 0 saturated heterocycles. The zero-order chi connectivity index (χ0) is 17.8. The Morgan fingerprint density at radius 1 is 1.12 bits per heavy atom. The zero-order valence-electron chi connectivity index (χ0n) is 13.7. The summed E-state index contributed by atoms with van der Waals surface area (Å²) in [6.45, 7) is 1.56. The molecule has 3 N–H and O–H groups in total. The van der Waals surface area contributed by atoms with Gasteiger partial charge >= 0.3 is 0 Å². The highest BCUT2D eigenvalue weighted by Crippen LogP contribution is 2.18. The van der Waals surface area contributed by atoms with Crippen LogP contribution < -0.4 is 10.6 Å². The monoisotopic (exact) mass is 339 g/mol. The number of nitrogens with one attached hydrogen (secondary N) is 3. The predicted molar refractivity (Wildman–Crippen MR) is 94.6 cm³/mol. The van der Waals surface area contributed by atoms with Gasteiger partial charge in [-0.15, -0.1) is 0 Å². The lowest BCUT2D eigenvalue weighted by Gasteiger charge is -2.14. The van der Waals surface area contributed by atoms with E-state index in [-0.39, 0.29) is 18.0 Å². The van der Waals surface area contributed by atoms with Crippen LogP contribution in [0, 0.1) is 5.82 Å². The fourth-order valence-electron chi connectivity index (χ4n) is 2.61. The maximum Gasteiger partial charge on any atom is 0.246 e. The SMILES string of the molecule is CC(NC(=O)Cc1c[nH]c2ccccc12)C(=O)Nc1ccccc1F. The summed E-state index contributed by atoms with van der Waals surface area (Å²) in [4.78, 5) is 27.4. The molecule has 0 aliphatic carbocycles. The number of hydrogen-bond donors (Lipinski definition) is 3. The van der Waals surface area contributed by atoms with Gasteiger partial charge in [-0.2, -0.15) is 0 Å². The minimum absolute atomic E-state index is 0.0882. The summed E-state index contributed by atoms with van der Waals surface area (Å²) in [5.74, 6) is -1.27. The van der Waals surface area contributed by atoms with E-state index in [1.165, 1.54) is 18.2 Å². The number of H-pyrrole nitrogens is 1. The molecule has 128 valence electrons. The summed E-state index contributed by atoms with van der Waals surface area (Å²) in [6.07, 6.45) is 1.94. The first-order valence-electron chi connectivity index (χ1n) is 7.94. The molecule has 0 bridgehead atoms. The van der Waals surface area contributed by atoms with Crippen LogP contribution in [0.15, 0.2) is 54.7 Å². The summed E-state index contributed by atoms with van der Waals surface area (Å²) in [5.41, 5.74) is 1.90. The number of benzene rings is 2. The second-order valence-corrected chi connectivity index (χ2v) is 5.79. The molecule has 5 nitrogen and oxygen atoms in total. The van der Waals surface area contributed by atoms with E-state index in [9.17, 15) is 14.0 Å². The van der Waals surface area contributed by atoms with E-state index in [0.29, 0.717) is 0 Å². The third kappa shape index (κ3) is 3.85. The molecule has 3 rings (SSSR count). The minimum atomic E-state index is -0.780. The second-order valence-electron chi connectivity index (χ2n) is 5.79. The van der Waals surface area contributed by atoms with Gasteiger partial charge < -0.3 is 15.6 Å². The van der Waals surface area contributed by atoms with Gasteiger partial charge in [0.05, 0.1) is 12.1 Å². The summed E-state index contributed by atoms with van der Waals surface area (Å²) >= 11 is 0. The molecule has 25 heavy (non-hydrogen) atoms. The fraction of sp³-hybridized carbons (Fsp3) is 0.158. The molecule has 1 unspecified atom stereocenters. The van der Waals surface area contributed by atoms with Crippen molar-refractivity contribution in [3.05, 3.63) is 66.1 Å². The summed E-state index contributed by atoms with van der Waals surface area (Å²) in [5, 5.41) is 6.08. The van der Waals surface area contributed by atoms with Crippen LogP contribution in [0.25, 0.3) is 10.9 Å². The quantitative estimate of drug-likeness (QED) is 0.668. The number of hydrogen-bond acceptors (Lipinski definition) is 2. The van der Waals surface area contributed by atoms with E-state index >= 15 is 0 Å². The molecule has 0 aliphatic rings. The van der Waals surface area contributed by atoms with E-state index in [4.69, 9.17) is 0 Å². The van der Waals surface area contributed by atoms with E-state index in [2.05, 4.69) is 15.6 Å². The summed E-state index contributed by atoms with van der Waals surface area (Å²) < 4.78 is 13.6. The van der Waals surface area contributed by atoms with Gasteiger partial charge in [-0.05, 0) is 30.7 Å². The average Bonchev–Trinajstić information content (AvgIpc) is 3.00. The third-order valence-corrected chi connectivity index (χ3v) is 3.93. The Balaban J connectivity index is 1.60. The third-order valence-electron chi connectivity index (χ3n) is 3.93. The number of carbonyl (C=O) groups excluding carboxylic acids is 2. The Morgan fingerprint density at radius 2 is 1.84 bits per heavy atom. The van der Waals surface area contributed by atoms with Crippen molar-refractivity contribution in [1.82, 2.24) is 10.3 Å². The molecule has 2 amide bonds. The van der Waals surface area contributed by atoms with E-state index in [1.54, 1.807) is 19.2 Å². The maximum atomic E-state index is 13.6. The van der Waals surface area contributed by atoms with Crippen molar-refractivity contribution in [1.29, 1.82) is 0 Å². The van der Waals surface area contributed by atoms with Crippen LogP contribution in [0.1, 0.15) is 12.5 Å². The molecule has 0 fully saturated rings. The van der Waals surface area contributed by atoms with Crippen molar-refractivity contribution in [2.24, 2.45) is 0 Å². The Kier molecular flexibility index (Phi) is 4.79. The minimum Gasteiger partial charge on any atom is -0.361 e. The van der Waals surface area contributed by atoms with Crippen LogP contribution in [-0.2, 0) is 16.0 Å². The van der Waals surface area contributed by atoms with Gasteiger partial charge in [0.2, 0.25) is 11.8 Å². The molecule has 0 spiro atoms. The van der Waals surface area contributed by atoms with Gasteiger partial charge in [0, 0.05) is 17.1 Å². The van der Waals surface area contributed by atoms with Gasteiger partial charge in [-0.3, -0.25) is 9.59 Å². The van der Waals surface area contributed by atoms with Crippen LogP contribution in [0.5, 0.6) is 0 Å². The number of aromatic nitrogens is 1. The Labute approximate surface area is 144 Å². The van der Waals surface area contributed by atoms with Crippen molar-refractivity contribution in [3.8, 4) is 0 Å². The number of carbonyl (C=O) groups is 2. The standard InChI is InChI=1S/C19H18FN3O2/c1-12(19(25)23-17-9-5-3-7-15(17)20)22-18(24)10-13-11-21-16-8-4-2-6-14(13)16/h2-9,11-12,21H,10H2,1H3,(H,22,24)(H,23,25). The molecule has 1 atom stereocenters. The molecular weight excluding hydrogens is 321 g/mol. The van der Waals surface area contributed by atoms with Crippen molar-refractivity contribution in [3.63, 3.8) is 0 Å². The molecule has 6 heteroatoms. The second kappa shape index (κ2) is 7.17. The number of anilines is 1. The molecule has 1 aromatic heterocycles. The first kappa shape index (κ1) is 16.7. The molecular formula is C19H18FN3O2. The van der Waals surface area contributed by atoms with Crippen LogP contribution in [-0.4, -0.2) is 22.8 Å². The first-order valence-corrected chi connectivity index (χ1v) is 7.94. The number of halogens is 1. The lowest BCUT2D eigenvalue weighted by molar-refractivity contribution is -0.125. The number of aromatic amines is 1. The smallest absolute Gasteiger partial charge is 0.246 e. The molecule has 1 heterocycles. The van der Waals surface area contributed by atoms with Gasteiger partial charge in [0.1, 0.15) is 11.9 Å². The number of amides is 2. The highest BCUT2D eigenvalue weighted by Gasteiger charge is 2.18. The van der Waals surface area contributed by atoms with Crippen LogP contribution in [0.3, 0.4) is 0 Å². The maximum absolute atomic E-state index is 13.6. The lowest BCUT2D eigenvalue weighted by Crippen LogP contribution is -2.42. The molecule has 0 radical (unpaired) electrons. The normalized spacial score (nSPS) is 11.9. The van der Waals surface area contributed by atoms with Crippen LogP contribution >= 0.6 is 0 Å². The van der Waals surface area contributed by atoms with Crippen molar-refractivity contribution in [2.75, 3.05) is 5.32 Å². The van der Waals surface area contributed by atoms with Crippen molar-refractivity contribution in [2.45, 2.75) is 19.4 Å². The zero-order valence-corrected chi connectivity index (χ0v) is 13.7. The van der Waals surface area contributed by atoms with Crippen LogP contribution in [0.4, 0.5) is 10.1 Å². The molecule has 0 aliphatic heterocycles. The summed E-state index contributed by atoms with van der Waals surface area (Å²) in [7, 11) is 0. The van der Waals surface area contributed by atoms with E-state index in [0.717, 1.165) is 16.5 Å².